The van der Waals surface area contributed by atoms with Gasteiger partial charge in [0.25, 0.3) is 0 Å². The van der Waals surface area contributed by atoms with Crippen molar-refractivity contribution >= 4 is 11.0 Å². The summed E-state index contributed by atoms with van der Waals surface area (Å²) in [6.07, 6.45) is 0. The van der Waals surface area contributed by atoms with Gasteiger partial charge in [-0.2, -0.15) is 0 Å². The number of para-hydroxylation sites is 2. The van der Waals surface area contributed by atoms with Crippen LogP contribution in [0.4, 0.5) is 4.39 Å². The monoisotopic (exact) mass is 302 g/mol. The van der Waals surface area contributed by atoms with Crippen LogP contribution in [0.3, 0.4) is 0 Å². The number of halogens is 1. The van der Waals surface area contributed by atoms with Gasteiger partial charge in [0.2, 0.25) is 0 Å². The van der Waals surface area contributed by atoms with Gasteiger partial charge in [-0.05, 0) is 42.0 Å². The molecule has 0 saturated heterocycles. The van der Waals surface area contributed by atoms with Crippen LogP contribution in [-0.2, 0) is 6.54 Å². The van der Waals surface area contributed by atoms with Gasteiger partial charge in [-0.3, -0.25) is 0 Å². The Labute approximate surface area is 133 Å². The van der Waals surface area contributed by atoms with Crippen LogP contribution < -0.4 is 0 Å². The molecule has 0 spiro atoms. The number of benzene rings is 3. The average Bonchev–Trinajstić information content (AvgIpc) is 2.95. The van der Waals surface area contributed by atoms with Crippen molar-refractivity contribution in [3.8, 4) is 11.4 Å². The van der Waals surface area contributed by atoms with Gasteiger partial charge in [-0.1, -0.05) is 42.5 Å². The van der Waals surface area contributed by atoms with Crippen LogP contribution in [0.5, 0.6) is 0 Å². The third kappa shape index (κ3) is 2.61. The van der Waals surface area contributed by atoms with Crippen molar-refractivity contribution in [2.24, 2.45) is 0 Å². The summed E-state index contributed by atoms with van der Waals surface area (Å²) in [4.78, 5) is 4.75. The minimum Gasteiger partial charge on any atom is -0.319 e. The quantitative estimate of drug-likeness (QED) is 0.527. The zero-order chi connectivity index (χ0) is 15.6. The molecule has 1 aromatic heterocycles. The molecule has 112 valence electrons. The van der Waals surface area contributed by atoms with Crippen LogP contribution >= 0.6 is 0 Å². The van der Waals surface area contributed by atoms with Gasteiger partial charge in [-0.15, -0.1) is 0 Å². The number of nitrogens with zero attached hydrogens (tertiary/aromatic N) is 2. The molecule has 23 heavy (non-hydrogen) atoms. The molecule has 0 radical (unpaired) electrons. The van der Waals surface area contributed by atoms with E-state index in [0.717, 1.165) is 29.0 Å². The first-order valence-electron chi connectivity index (χ1n) is 7.56. The first-order valence-corrected chi connectivity index (χ1v) is 7.56. The maximum Gasteiger partial charge on any atom is 0.141 e. The Kier molecular flexibility index (Phi) is 3.39. The molecule has 0 unspecified atom stereocenters. The number of aromatic nitrogens is 2. The van der Waals surface area contributed by atoms with Crippen LogP contribution in [-0.4, -0.2) is 9.55 Å². The fourth-order valence-electron chi connectivity index (χ4n) is 2.82. The van der Waals surface area contributed by atoms with Crippen molar-refractivity contribution in [2.45, 2.75) is 6.54 Å². The molecular weight excluding hydrogens is 287 g/mol. The van der Waals surface area contributed by atoms with Gasteiger partial charge < -0.3 is 4.57 Å². The average molecular weight is 302 g/mol. The molecule has 3 heteroatoms. The summed E-state index contributed by atoms with van der Waals surface area (Å²) in [5.74, 6) is 0.620. The van der Waals surface area contributed by atoms with Gasteiger partial charge in [0.15, 0.2) is 0 Å². The van der Waals surface area contributed by atoms with Gasteiger partial charge in [-0.25, -0.2) is 9.37 Å². The standard InChI is InChI=1S/C20H15FN2/c21-17-12-10-16(11-13-17)20-22-18-8-4-5-9-19(18)23(20)14-15-6-2-1-3-7-15/h1-13H,14H2. The van der Waals surface area contributed by atoms with E-state index in [4.69, 9.17) is 4.98 Å². The largest absolute Gasteiger partial charge is 0.319 e. The van der Waals surface area contributed by atoms with E-state index in [9.17, 15) is 4.39 Å². The second-order valence-corrected chi connectivity index (χ2v) is 5.50. The molecule has 4 rings (SSSR count). The van der Waals surface area contributed by atoms with Crippen molar-refractivity contribution in [1.29, 1.82) is 0 Å². The SMILES string of the molecule is Fc1ccc(-c2nc3ccccc3n2Cc2ccccc2)cc1. The molecule has 0 bridgehead atoms. The highest BCUT2D eigenvalue weighted by molar-refractivity contribution is 5.80. The Morgan fingerprint density at radius 2 is 1.48 bits per heavy atom. The fourth-order valence-corrected chi connectivity index (χ4v) is 2.82. The summed E-state index contributed by atoms with van der Waals surface area (Å²) < 4.78 is 15.4. The van der Waals surface area contributed by atoms with Crippen LogP contribution in [0.1, 0.15) is 5.56 Å². The molecule has 0 aliphatic heterocycles. The number of hydrogen-bond acceptors (Lipinski definition) is 1. The van der Waals surface area contributed by atoms with E-state index in [1.54, 1.807) is 12.1 Å². The predicted octanol–water partition coefficient (Wildman–Crippen LogP) is 4.89. The summed E-state index contributed by atoms with van der Waals surface area (Å²) in [5, 5.41) is 0. The zero-order valence-electron chi connectivity index (χ0n) is 12.5. The minimum atomic E-state index is -0.237. The summed E-state index contributed by atoms with van der Waals surface area (Å²) >= 11 is 0. The van der Waals surface area contributed by atoms with E-state index < -0.39 is 0 Å². The Morgan fingerprint density at radius 1 is 0.783 bits per heavy atom. The smallest absolute Gasteiger partial charge is 0.141 e. The molecule has 3 aromatic carbocycles. The van der Waals surface area contributed by atoms with Crippen LogP contribution in [0.2, 0.25) is 0 Å². The Balaban J connectivity index is 1.89. The summed E-state index contributed by atoms with van der Waals surface area (Å²) in [6.45, 7) is 0.730. The lowest BCUT2D eigenvalue weighted by atomic mass is 10.2. The zero-order valence-corrected chi connectivity index (χ0v) is 12.5. The Hall–Kier alpha value is -2.94. The molecule has 0 aliphatic rings. The Morgan fingerprint density at radius 3 is 2.26 bits per heavy atom. The van der Waals surface area contributed by atoms with Gasteiger partial charge >= 0.3 is 0 Å². The van der Waals surface area contributed by atoms with Crippen molar-refractivity contribution in [2.75, 3.05) is 0 Å². The molecule has 0 aliphatic carbocycles. The third-order valence-corrected chi connectivity index (χ3v) is 3.94. The van der Waals surface area contributed by atoms with Gasteiger partial charge in [0.1, 0.15) is 11.6 Å². The van der Waals surface area contributed by atoms with Crippen molar-refractivity contribution in [1.82, 2.24) is 9.55 Å². The van der Waals surface area contributed by atoms with Crippen LogP contribution in [0, 0.1) is 5.82 Å². The molecular formula is C20H15FN2. The minimum absolute atomic E-state index is 0.237. The second kappa shape index (κ2) is 5.69. The highest BCUT2D eigenvalue weighted by Gasteiger charge is 2.12. The molecule has 0 saturated carbocycles. The maximum absolute atomic E-state index is 13.2. The van der Waals surface area contributed by atoms with Gasteiger partial charge in [0, 0.05) is 12.1 Å². The van der Waals surface area contributed by atoms with E-state index >= 15 is 0 Å². The number of hydrogen-bond donors (Lipinski definition) is 0. The fraction of sp³-hybridized carbons (Fsp3) is 0.0500. The molecule has 4 aromatic rings. The van der Waals surface area contributed by atoms with E-state index in [0.29, 0.717) is 0 Å². The maximum atomic E-state index is 13.2. The molecule has 0 amide bonds. The molecule has 2 nitrogen and oxygen atoms in total. The Bertz CT molecular complexity index is 940. The van der Waals surface area contributed by atoms with Crippen molar-refractivity contribution in [3.63, 3.8) is 0 Å². The molecule has 1 heterocycles. The molecule has 0 N–H and O–H groups in total. The van der Waals surface area contributed by atoms with E-state index in [-0.39, 0.29) is 5.82 Å². The van der Waals surface area contributed by atoms with Crippen molar-refractivity contribution < 1.29 is 4.39 Å². The molecule has 0 fully saturated rings. The van der Waals surface area contributed by atoms with E-state index in [1.807, 2.05) is 36.4 Å². The topological polar surface area (TPSA) is 17.8 Å². The van der Waals surface area contributed by atoms with Crippen molar-refractivity contribution in [3.05, 3.63) is 90.2 Å². The van der Waals surface area contributed by atoms with Gasteiger partial charge in [0.05, 0.1) is 11.0 Å². The van der Waals surface area contributed by atoms with E-state index in [2.05, 4.69) is 22.8 Å². The van der Waals surface area contributed by atoms with E-state index in [1.165, 1.54) is 17.7 Å². The number of fused-ring (bicyclic) bond motifs is 1. The predicted molar refractivity (Wildman–Crippen MR) is 90.7 cm³/mol. The number of rotatable bonds is 3. The van der Waals surface area contributed by atoms with Crippen LogP contribution in [0.25, 0.3) is 22.4 Å². The van der Waals surface area contributed by atoms with Crippen LogP contribution in [0.15, 0.2) is 78.9 Å². The third-order valence-electron chi connectivity index (χ3n) is 3.94. The lowest BCUT2D eigenvalue weighted by molar-refractivity contribution is 0.628. The lowest BCUT2D eigenvalue weighted by Crippen LogP contribution is -2.02. The lowest BCUT2D eigenvalue weighted by Gasteiger charge is -2.09. The summed E-state index contributed by atoms with van der Waals surface area (Å²) in [7, 11) is 0. The highest BCUT2D eigenvalue weighted by atomic mass is 19.1. The highest BCUT2D eigenvalue weighted by Crippen LogP contribution is 2.26. The normalized spacial score (nSPS) is 11.0. The number of imidazole rings is 1. The first kappa shape index (κ1) is 13.7. The summed E-state index contributed by atoms with van der Waals surface area (Å²) in [5.41, 5.74) is 4.15. The first-order chi connectivity index (χ1) is 11.3. The second-order valence-electron chi connectivity index (χ2n) is 5.50. The molecule has 0 atom stereocenters. The summed E-state index contributed by atoms with van der Waals surface area (Å²) in [6, 6.07) is 24.8.